The minimum atomic E-state index is 0.418. The van der Waals surface area contributed by atoms with Crippen molar-refractivity contribution < 1.29 is 4.74 Å². The number of halogens is 1. The molecule has 0 aliphatic carbocycles. The molecular weight excluding hydrogens is 282 g/mol. The monoisotopic (exact) mass is 301 g/mol. The third-order valence-corrected chi connectivity index (χ3v) is 4.41. The van der Waals surface area contributed by atoms with E-state index in [0.717, 1.165) is 29.4 Å². The quantitative estimate of drug-likeness (QED) is 0.734. The summed E-state index contributed by atoms with van der Waals surface area (Å²) in [6.45, 7) is 5.92. The number of aromatic nitrogens is 2. The molecule has 2 heterocycles. The van der Waals surface area contributed by atoms with Crippen molar-refractivity contribution in [3.05, 3.63) is 17.3 Å². The van der Waals surface area contributed by atoms with Crippen LogP contribution in [0.4, 0.5) is 5.82 Å². The highest BCUT2D eigenvalue weighted by molar-refractivity contribution is 7.15. The topological polar surface area (TPSA) is 29.8 Å². The van der Waals surface area contributed by atoms with Crippen molar-refractivity contribution in [1.29, 1.82) is 0 Å². The van der Waals surface area contributed by atoms with E-state index in [4.69, 9.17) is 21.3 Å². The zero-order valence-electron chi connectivity index (χ0n) is 11.6. The van der Waals surface area contributed by atoms with Crippen LogP contribution in [0, 0.1) is 0 Å². The van der Waals surface area contributed by atoms with Crippen LogP contribution in [-0.4, -0.2) is 35.7 Å². The molecule has 0 amide bonds. The summed E-state index contributed by atoms with van der Waals surface area (Å²) in [6.07, 6.45) is 3.09. The number of hydrogen-bond donors (Lipinski definition) is 0. The number of alkyl halides is 1. The Kier molecular flexibility index (Phi) is 5.07. The summed E-state index contributed by atoms with van der Waals surface area (Å²) in [7, 11) is 1.73. The molecule has 4 nitrogen and oxygen atoms in total. The Hall–Kier alpha value is -0.780. The normalized spacial score (nSPS) is 13.1. The number of fused-ring (bicyclic) bond motifs is 1. The van der Waals surface area contributed by atoms with Crippen molar-refractivity contribution in [1.82, 2.24) is 9.38 Å². The molecular formula is C13H20ClN3OS. The zero-order chi connectivity index (χ0) is 13.8. The Balaban J connectivity index is 2.39. The third kappa shape index (κ3) is 2.88. The van der Waals surface area contributed by atoms with Crippen molar-refractivity contribution in [2.75, 3.05) is 25.2 Å². The maximum absolute atomic E-state index is 6.12. The van der Waals surface area contributed by atoms with Crippen LogP contribution in [0.25, 0.3) is 4.96 Å². The van der Waals surface area contributed by atoms with Crippen LogP contribution in [-0.2, 0) is 10.6 Å². The van der Waals surface area contributed by atoms with Crippen LogP contribution in [0.2, 0.25) is 0 Å². The summed E-state index contributed by atoms with van der Waals surface area (Å²) in [5, 5.41) is 2.03. The molecule has 0 saturated heterocycles. The number of methoxy groups -OCH3 is 1. The molecule has 0 fully saturated rings. The average molecular weight is 302 g/mol. The van der Waals surface area contributed by atoms with Gasteiger partial charge in [0.15, 0.2) is 10.8 Å². The van der Waals surface area contributed by atoms with Crippen LogP contribution in [0.1, 0.15) is 26.0 Å². The summed E-state index contributed by atoms with van der Waals surface area (Å²) in [4.78, 5) is 8.02. The molecule has 0 spiro atoms. The molecule has 106 valence electrons. The standard InChI is InChI=1S/C13H20ClN3OS/c1-4-10(2)16(5-7-18-3)12-11(9-14)17-6-8-19-13(17)15-12/h6,8,10H,4-5,7,9H2,1-3H3. The molecule has 0 N–H and O–H groups in total. The average Bonchev–Trinajstić information content (AvgIpc) is 2.99. The van der Waals surface area contributed by atoms with Crippen LogP contribution >= 0.6 is 22.9 Å². The molecule has 2 aromatic rings. The SMILES string of the molecule is CCC(C)N(CCOC)c1nc2sccn2c1CCl. The zero-order valence-corrected chi connectivity index (χ0v) is 13.2. The Bertz CT molecular complexity index is 525. The first-order valence-electron chi connectivity index (χ1n) is 6.48. The minimum absolute atomic E-state index is 0.418. The number of rotatable bonds is 7. The van der Waals surface area contributed by atoms with E-state index < -0.39 is 0 Å². The summed E-state index contributed by atoms with van der Waals surface area (Å²) in [6, 6.07) is 0.418. The van der Waals surface area contributed by atoms with Gasteiger partial charge in [-0.15, -0.1) is 22.9 Å². The van der Waals surface area contributed by atoms with Gasteiger partial charge in [0.1, 0.15) is 0 Å². The van der Waals surface area contributed by atoms with Crippen LogP contribution in [0.15, 0.2) is 11.6 Å². The minimum Gasteiger partial charge on any atom is -0.383 e. The summed E-state index contributed by atoms with van der Waals surface area (Å²) >= 11 is 7.75. The number of hydrogen-bond acceptors (Lipinski definition) is 4. The van der Waals surface area contributed by atoms with Crippen molar-refractivity contribution >= 4 is 33.7 Å². The van der Waals surface area contributed by atoms with Gasteiger partial charge in [-0.05, 0) is 13.3 Å². The highest BCUT2D eigenvalue weighted by Crippen LogP contribution is 2.27. The summed E-state index contributed by atoms with van der Waals surface area (Å²) in [5.41, 5.74) is 1.06. The molecule has 2 aromatic heterocycles. The maximum atomic E-state index is 6.12. The van der Waals surface area contributed by atoms with E-state index in [9.17, 15) is 0 Å². The summed E-state index contributed by atoms with van der Waals surface area (Å²) < 4.78 is 7.29. The number of anilines is 1. The van der Waals surface area contributed by atoms with Crippen molar-refractivity contribution in [3.63, 3.8) is 0 Å². The van der Waals surface area contributed by atoms with Gasteiger partial charge in [-0.1, -0.05) is 6.92 Å². The highest BCUT2D eigenvalue weighted by Gasteiger charge is 2.21. The molecule has 2 rings (SSSR count). The smallest absolute Gasteiger partial charge is 0.195 e. The van der Waals surface area contributed by atoms with E-state index in [-0.39, 0.29) is 0 Å². The first-order valence-corrected chi connectivity index (χ1v) is 7.90. The lowest BCUT2D eigenvalue weighted by molar-refractivity contribution is 0.203. The van der Waals surface area contributed by atoms with Gasteiger partial charge in [-0.2, -0.15) is 0 Å². The molecule has 1 atom stereocenters. The lowest BCUT2D eigenvalue weighted by atomic mass is 10.2. The fourth-order valence-corrected chi connectivity index (χ4v) is 3.10. The second kappa shape index (κ2) is 6.59. The van der Waals surface area contributed by atoms with Gasteiger partial charge in [0, 0.05) is 31.3 Å². The number of imidazole rings is 1. The Morgan fingerprint density at radius 1 is 1.58 bits per heavy atom. The molecule has 0 bridgehead atoms. The Labute approximate surface area is 123 Å². The molecule has 0 aliphatic rings. The first kappa shape index (κ1) is 14.6. The fraction of sp³-hybridized carbons (Fsp3) is 0.615. The predicted octanol–water partition coefficient (Wildman–Crippen LogP) is 3.39. The first-order chi connectivity index (χ1) is 9.22. The van der Waals surface area contributed by atoms with E-state index in [2.05, 4.69) is 23.1 Å². The molecule has 0 aromatic carbocycles. The van der Waals surface area contributed by atoms with Gasteiger partial charge in [0.05, 0.1) is 18.2 Å². The van der Waals surface area contributed by atoms with E-state index in [0.29, 0.717) is 18.5 Å². The highest BCUT2D eigenvalue weighted by atomic mass is 35.5. The number of thiazole rings is 1. The predicted molar refractivity (Wildman–Crippen MR) is 81.6 cm³/mol. The Morgan fingerprint density at radius 2 is 2.37 bits per heavy atom. The van der Waals surface area contributed by atoms with E-state index in [1.165, 1.54) is 0 Å². The van der Waals surface area contributed by atoms with Gasteiger partial charge in [0.25, 0.3) is 0 Å². The van der Waals surface area contributed by atoms with Crippen molar-refractivity contribution in [2.45, 2.75) is 32.2 Å². The molecule has 6 heteroatoms. The molecule has 0 aliphatic heterocycles. The van der Waals surface area contributed by atoms with Crippen molar-refractivity contribution in [3.8, 4) is 0 Å². The molecule has 1 unspecified atom stereocenters. The summed E-state index contributed by atoms with van der Waals surface area (Å²) in [5.74, 6) is 1.46. The van der Waals surface area contributed by atoms with Gasteiger partial charge in [-0.25, -0.2) is 4.98 Å². The van der Waals surface area contributed by atoms with Gasteiger partial charge in [-0.3, -0.25) is 4.40 Å². The largest absolute Gasteiger partial charge is 0.383 e. The van der Waals surface area contributed by atoms with Gasteiger partial charge >= 0.3 is 0 Å². The van der Waals surface area contributed by atoms with Crippen LogP contribution in [0.3, 0.4) is 0 Å². The lowest BCUT2D eigenvalue weighted by Gasteiger charge is -2.29. The Morgan fingerprint density at radius 3 is 3.00 bits per heavy atom. The van der Waals surface area contributed by atoms with E-state index >= 15 is 0 Å². The van der Waals surface area contributed by atoms with E-state index in [1.807, 2.05) is 11.6 Å². The van der Waals surface area contributed by atoms with Crippen molar-refractivity contribution in [2.24, 2.45) is 0 Å². The molecule has 0 radical (unpaired) electrons. The van der Waals surface area contributed by atoms with Crippen LogP contribution in [0.5, 0.6) is 0 Å². The fourth-order valence-electron chi connectivity index (χ4n) is 2.12. The van der Waals surface area contributed by atoms with E-state index in [1.54, 1.807) is 18.4 Å². The molecule has 0 saturated carbocycles. The van der Waals surface area contributed by atoms with Gasteiger partial charge in [0.2, 0.25) is 0 Å². The number of ether oxygens (including phenoxy) is 1. The second-order valence-corrected chi connectivity index (χ2v) is 5.66. The second-order valence-electron chi connectivity index (χ2n) is 4.51. The van der Waals surface area contributed by atoms with Gasteiger partial charge < -0.3 is 9.64 Å². The third-order valence-electron chi connectivity index (χ3n) is 3.40. The number of nitrogens with zero attached hydrogens (tertiary/aromatic N) is 3. The molecule has 19 heavy (non-hydrogen) atoms. The van der Waals surface area contributed by atoms with Crippen LogP contribution < -0.4 is 4.90 Å². The maximum Gasteiger partial charge on any atom is 0.195 e. The lowest BCUT2D eigenvalue weighted by Crippen LogP contribution is -2.36.